The Balaban J connectivity index is 1.63. The molecule has 26 heavy (non-hydrogen) atoms. The molecule has 3 rings (SSSR count). The number of hydrogen-bond donors (Lipinski definition) is 0. The highest BCUT2D eigenvalue weighted by Crippen LogP contribution is 2.28. The van der Waals surface area contributed by atoms with E-state index in [2.05, 4.69) is 10.2 Å². The molecule has 0 fully saturated rings. The lowest BCUT2D eigenvalue weighted by Gasteiger charge is -2.11. The van der Waals surface area contributed by atoms with Gasteiger partial charge < -0.3 is 18.6 Å². The van der Waals surface area contributed by atoms with Crippen molar-refractivity contribution >= 4 is 17.3 Å². The Morgan fingerprint density at radius 3 is 2.69 bits per heavy atom. The molecule has 2 aromatic heterocycles. The molecule has 0 N–H and O–H groups in total. The average Bonchev–Trinajstić information content (AvgIpc) is 3.32. The molecular formula is C18H18N2O5S. The van der Waals surface area contributed by atoms with Crippen LogP contribution in [0.4, 0.5) is 0 Å². The number of carbonyl (C=O) groups is 1. The molecule has 1 atom stereocenters. The molecule has 3 aromatic rings. The zero-order chi connectivity index (χ0) is 18.5. The summed E-state index contributed by atoms with van der Waals surface area (Å²) in [4.78, 5) is 13.1. The van der Waals surface area contributed by atoms with Crippen LogP contribution in [0.3, 0.4) is 0 Å². The van der Waals surface area contributed by atoms with Gasteiger partial charge in [0, 0.05) is 0 Å². The first-order valence-electron chi connectivity index (χ1n) is 7.88. The summed E-state index contributed by atoms with van der Waals surface area (Å²) < 4.78 is 21.4. The molecule has 7 nitrogen and oxygen atoms in total. The van der Waals surface area contributed by atoms with Gasteiger partial charge in [-0.3, -0.25) is 4.79 Å². The van der Waals surface area contributed by atoms with Crippen LogP contribution in [0, 0.1) is 0 Å². The van der Waals surface area contributed by atoms with Crippen molar-refractivity contribution in [1.82, 2.24) is 10.2 Å². The largest absolute Gasteiger partial charge is 0.493 e. The number of esters is 1. The van der Waals surface area contributed by atoms with Crippen LogP contribution in [0.15, 0.2) is 40.1 Å². The average molecular weight is 374 g/mol. The van der Waals surface area contributed by atoms with E-state index in [1.165, 1.54) is 11.3 Å². The van der Waals surface area contributed by atoms with Crippen LogP contribution in [-0.4, -0.2) is 30.4 Å². The lowest BCUT2D eigenvalue weighted by Crippen LogP contribution is -2.12. The van der Waals surface area contributed by atoms with Crippen molar-refractivity contribution in [3.8, 4) is 22.3 Å². The molecule has 0 saturated carbocycles. The Morgan fingerprint density at radius 2 is 2.00 bits per heavy atom. The highest BCUT2D eigenvalue weighted by atomic mass is 32.1. The third kappa shape index (κ3) is 4.02. The highest BCUT2D eigenvalue weighted by molar-refractivity contribution is 7.13. The van der Waals surface area contributed by atoms with Gasteiger partial charge in [0.05, 0.1) is 25.5 Å². The second-order valence-electron chi connectivity index (χ2n) is 5.42. The van der Waals surface area contributed by atoms with Crippen molar-refractivity contribution in [2.24, 2.45) is 0 Å². The summed E-state index contributed by atoms with van der Waals surface area (Å²) in [5.41, 5.74) is 0.754. The van der Waals surface area contributed by atoms with Gasteiger partial charge in [-0.05, 0) is 36.1 Å². The molecule has 0 unspecified atom stereocenters. The van der Waals surface area contributed by atoms with Crippen molar-refractivity contribution in [1.29, 1.82) is 0 Å². The van der Waals surface area contributed by atoms with E-state index in [1.54, 1.807) is 39.3 Å². The predicted molar refractivity (Wildman–Crippen MR) is 95.4 cm³/mol. The van der Waals surface area contributed by atoms with Crippen molar-refractivity contribution in [2.75, 3.05) is 14.2 Å². The first kappa shape index (κ1) is 17.9. The van der Waals surface area contributed by atoms with E-state index in [0.29, 0.717) is 17.4 Å². The zero-order valence-electron chi connectivity index (χ0n) is 14.6. The van der Waals surface area contributed by atoms with Crippen LogP contribution >= 0.6 is 11.3 Å². The quantitative estimate of drug-likeness (QED) is 0.584. The minimum atomic E-state index is -0.635. The molecule has 0 aliphatic heterocycles. The van der Waals surface area contributed by atoms with Gasteiger partial charge in [-0.2, -0.15) is 0 Å². The molecule has 0 amide bonds. The van der Waals surface area contributed by atoms with Gasteiger partial charge in [-0.15, -0.1) is 21.5 Å². The van der Waals surface area contributed by atoms with E-state index in [4.69, 9.17) is 18.6 Å². The Bertz CT molecular complexity index is 876. The van der Waals surface area contributed by atoms with Crippen molar-refractivity contribution in [2.45, 2.75) is 19.4 Å². The van der Waals surface area contributed by atoms with Gasteiger partial charge >= 0.3 is 5.97 Å². The monoisotopic (exact) mass is 374 g/mol. The summed E-state index contributed by atoms with van der Waals surface area (Å²) in [6.07, 6.45) is -0.541. The van der Waals surface area contributed by atoms with Crippen LogP contribution in [0.25, 0.3) is 10.8 Å². The first-order valence-corrected chi connectivity index (χ1v) is 8.76. The second-order valence-corrected chi connectivity index (χ2v) is 6.37. The van der Waals surface area contributed by atoms with Crippen molar-refractivity contribution in [3.63, 3.8) is 0 Å². The molecule has 0 bridgehead atoms. The third-order valence-corrected chi connectivity index (χ3v) is 4.48. The zero-order valence-corrected chi connectivity index (χ0v) is 15.4. The number of carbonyl (C=O) groups excluding carboxylic acids is 1. The molecule has 136 valence electrons. The fraction of sp³-hybridized carbons (Fsp3) is 0.278. The normalized spacial score (nSPS) is 11.8. The molecule has 8 heteroatoms. The Hall–Kier alpha value is -2.87. The smallest absolute Gasteiger partial charge is 0.311 e. The lowest BCUT2D eigenvalue weighted by atomic mass is 10.1. The molecular weight excluding hydrogens is 356 g/mol. The van der Waals surface area contributed by atoms with Crippen LogP contribution in [0.2, 0.25) is 0 Å². The van der Waals surface area contributed by atoms with Gasteiger partial charge in [0.1, 0.15) is 0 Å². The summed E-state index contributed by atoms with van der Waals surface area (Å²) in [7, 11) is 3.10. The number of rotatable bonds is 7. The first-order chi connectivity index (χ1) is 12.6. The van der Waals surface area contributed by atoms with Gasteiger partial charge in [0.2, 0.25) is 0 Å². The fourth-order valence-electron chi connectivity index (χ4n) is 2.35. The highest BCUT2D eigenvalue weighted by Gasteiger charge is 2.20. The third-order valence-electron chi connectivity index (χ3n) is 3.62. The van der Waals surface area contributed by atoms with Crippen LogP contribution in [0.1, 0.15) is 24.5 Å². The summed E-state index contributed by atoms with van der Waals surface area (Å²) in [6, 6.07) is 9.06. The number of aromatic nitrogens is 2. The molecule has 0 saturated heterocycles. The summed E-state index contributed by atoms with van der Waals surface area (Å²) in [6.45, 7) is 1.69. The SMILES string of the molecule is COc1ccc(CC(=O)O[C@@H](C)c2nnc(-c3cccs3)o2)cc1OC. The number of methoxy groups -OCH3 is 2. The van der Waals surface area contributed by atoms with Gasteiger partial charge in [-0.25, -0.2) is 0 Å². The summed E-state index contributed by atoms with van der Waals surface area (Å²) in [5.74, 6) is 1.43. The maximum absolute atomic E-state index is 12.2. The van der Waals surface area contributed by atoms with Crippen LogP contribution in [-0.2, 0) is 16.0 Å². The van der Waals surface area contributed by atoms with Gasteiger partial charge in [0.15, 0.2) is 17.6 Å². The topological polar surface area (TPSA) is 83.7 Å². The maximum atomic E-state index is 12.2. The predicted octanol–water partition coefficient (Wildman–Crippen LogP) is 3.66. The number of benzene rings is 1. The molecule has 0 aliphatic rings. The van der Waals surface area contributed by atoms with Gasteiger partial charge in [0.25, 0.3) is 11.8 Å². The fourth-order valence-corrected chi connectivity index (χ4v) is 2.99. The molecule has 1 aromatic carbocycles. The Labute approximate surface area is 154 Å². The van der Waals surface area contributed by atoms with Gasteiger partial charge in [-0.1, -0.05) is 12.1 Å². The maximum Gasteiger partial charge on any atom is 0.311 e. The molecule has 2 heterocycles. The van der Waals surface area contributed by atoms with E-state index in [1.807, 2.05) is 17.5 Å². The number of nitrogens with zero attached hydrogens (tertiary/aromatic N) is 2. The molecule has 0 radical (unpaired) electrons. The minimum Gasteiger partial charge on any atom is -0.493 e. The summed E-state index contributed by atoms with van der Waals surface area (Å²) in [5, 5.41) is 9.87. The van der Waals surface area contributed by atoms with E-state index >= 15 is 0 Å². The number of thiophene rings is 1. The Morgan fingerprint density at radius 1 is 1.19 bits per heavy atom. The summed E-state index contributed by atoms with van der Waals surface area (Å²) >= 11 is 1.50. The van der Waals surface area contributed by atoms with Crippen LogP contribution < -0.4 is 9.47 Å². The van der Waals surface area contributed by atoms with E-state index in [-0.39, 0.29) is 12.3 Å². The lowest BCUT2D eigenvalue weighted by molar-refractivity contribution is -0.148. The number of ether oxygens (including phenoxy) is 3. The Kier molecular flexibility index (Phi) is 5.52. The second kappa shape index (κ2) is 8.01. The molecule has 0 spiro atoms. The standard InChI is InChI=1S/C18H18N2O5S/c1-11(17-19-20-18(25-17)15-5-4-8-26-15)24-16(21)10-12-6-7-13(22-2)14(9-12)23-3/h4-9,11H,10H2,1-3H3/t11-/m0/s1. The number of hydrogen-bond acceptors (Lipinski definition) is 8. The van der Waals surface area contributed by atoms with Crippen molar-refractivity contribution < 1.29 is 23.4 Å². The molecule has 0 aliphatic carbocycles. The minimum absolute atomic E-state index is 0.0939. The van der Waals surface area contributed by atoms with E-state index in [0.717, 1.165) is 10.4 Å². The van der Waals surface area contributed by atoms with E-state index in [9.17, 15) is 4.79 Å². The van der Waals surface area contributed by atoms with Crippen LogP contribution in [0.5, 0.6) is 11.5 Å². The van der Waals surface area contributed by atoms with Crippen molar-refractivity contribution in [3.05, 3.63) is 47.2 Å². The van der Waals surface area contributed by atoms with E-state index < -0.39 is 12.1 Å².